The Balaban J connectivity index is 3.32. The zero-order valence-electron chi connectivity index (χ0n) is 10.8. The van der Waals surface area contributed by atoms with Crippen LogP contribution in [0.4, 0.5) is 10.1 Å². The van der Waals surface area contributed by atoms with Gasteiger partial charge < -0.3 is 10.5 Å². The van der Waals surface area contributed by atoms with Gasteiger partial charge >= 0.3 is 5.97 Å². The van der Waals surface area contributed by atoms with Crippen molar-refractivity contribution >= 4 is 11.7 Å². The molecule has 2 N–H and O–H groups in total. The third kappa shape index (κ3) is 2.87. The number of benzene rings is 1. The van der Waals surface area contributed by atoms with Crippen LogP contribution in [0.15, 0.2) is 18.2 Å². The lowest BCUT2D eigenvalue weighted by atomic mass is 9.80. The topological polar surface area (TPSA) is 95.5 Å². The fourth-order valence-electron chi connectivity index (χ4n) is 1.72. The number of carbonyl (C=O) groups excluding carboxylic acids is 1. The van der Waals surface area contributed by atoms with Gasteiger partial charge in [0.15, 0.2) is 0 Å². The van der Waals surface area contributed by atoms with E-state index in [1.165, 1.54) is 21.0 Å². The van der Waals surface area contributed by atoms with E-state index in [9.17, 15) is 19.3 Å². The second-order valence-corrected chi connectivity index (χ2v) is 4.65. The van der Waals surface area contributed by atoms with Gasteiger partial charge in [0.2, 0.25) is 0 Å². The molecule has 0 aliphatic heterocycles. The summed E-state index contributed by atoms with van der Waals surface area (Å²) in [6, 6.07) is 1.90. The first-order valence-electron chi connectivity index (χ1n) is 5.49. The van der Waals surface area contributed by atoms with E-state index in [4.69, 9.17) is 5.73 Å². The SMILES string of the molecule is COC(=O)C(C)(C)[C@H](N)c1cc(F)ccc1[N+](=O)[O-]. The van der Waals surface area contributed by atoms with Gasteiger partial charge in [-0.15, -0.1) is 0 Å². The molecule has 0 fully saturated rings. The van der Waals surface area contributed by atoms with E-state index in [1.807, 2.05) is 0 Å². The smallest absolute Gasteiger partial charge is 0.313 e. The van der Waals surface area contributed by atoms with E-state index in [0.29, 0.717) is 0 Å². The highest BCUT2D eigenvalue weighted by atomic mass is 19.1. The number of nitrogens with two attached hydrogens (primary N) is 1. The van der Waals surface area contributed by atoms with E-state index in [0.717, 1.165) is 18.2 Å². The molecular weight excluding hydrogens is 255 g/mol. The van der Waals surface area contributed by atoms with Crippen LogP contribution in [-0.2, 0) is 9.53 Å². The number of nitro benzene ring substituents is 1. The second-order valence-electron chi connectivity index (χ2n) is 4.65. The van der Waals surface area contributed by atoms with Crippen LogP contribution in [0.5, 0.6) is 0 Å². The van der Waals surface area contributed by atoms with Gasteiger partial charge in [0, 0.05) is 6.07 Å². The molecule has 0 aromatic heterocycles. The number of rotatable bonds is 4. The molecule has 0 aliphatic carbocycles. The van der Waals surface area contributed by atoms with Crippen LogP contribution < -0.4 is 5.73 Å². The van der Waals surface area contributed by atoms with Crippen molar-refractivity contribution in [1.82, 2.24) is 0 Å². The van der Waals surface area contributed by atoms with Crippen molar-refractivity contribution in [2.75, 3.05) is 7.11 Å². The Morgan fingerprint density at radius 1 is 1.53 bits per heavy atom. The van der Waals surface area contributed by atoms with Crippen LogP contribution in [0.2, 0.25) is 0 Å². The van der Waals surface area contributed by atoms with Crippen LogP contribution in [0, 0.1) is 21.3 Å². The highest BCUT2D eigenvalue weighted by molar-refractivity contribution is 5.77. The predicted molar refractivity (Wildman–Crippen MR) is 65.8 cm³/mol. The van der Waals surface area contributed by atoms with Gasteiger partial charge in [-0.05, 0) is 26.0 Å². The lowest BCUT2D eigenvalue weighted by molar-refractivity contribution is -0.385. The summed E-state index contributed by atoms with van der Waals surface area (Å²) in [6.07, 6.45) is 0. The summed E-state index contributed by atoms with van der Waals surface area (Å²) in [6.45, 7) is 2.97. The summed E-state index contributed by atoms with van der Waals surface area (Å²) < 4.78 is 17.9. The van der Waals surface area contributed by atoms with Crippen LogP contribution >= 0.6 is 0 Å². The molecule has 0 saturated carbocycles. The van der Waals surface area contributed by atoms with Crippen LogP contribution in [-0.4, -0.2) is 18.0 Å². The summed E-state index contributed by atoms with van der Waals surface area (Å²) in [5, 5.41) is 10.9. The largest absolute Gasteiger partial charge is 0.469 e. The monoisotopic (exact) mass is 270 g/mol. The van der Waals surface area contributed by atoms with Gasteiger partial charge in [0.05, 0.1) is 29.1 Å². The third-order valence-corrected chi connectivity index (χ3v) is 3.01. The molecule has 104 valence electrons. The Bertz CT molecular complexity index is 516. The molecule has 0 amide bonds. The molecule has 1 atom stereocenters. The molecule has 0 saturated heterocycles. The molecule has 1 aromatic carbocycles. The number of nitro groups is 1. The Kier molecular flexibility index (Phi) is 4.21. The minimum atomic E-state index is -1.21. The van der Waals surface area contributed by atoms with E-state index >= 15 is 0 Å². The van der Waals surface area contributed by atoms with Crippen molar-refractivity contribution in [2.45, 2.75) is 19.9 Å². The predicted octanol–water partition coefficient (Wildman–Crippen LogP) is 1.93. The number of hydrogen-bond donors (Lipinski definition) is 1. The molecule has 0 bridgehead atoms. The summed E-state index contributed by atoms with van der Waals surface area (Å²) in [5.41, 5.74) is 4.30. The van der Waals surface area contributed by atoms with Crippen molar-refractivity contribution in [3.8, 4) is 0 Å². The van der Waals surface area contributed by atoms with E-state index in [-0.39, 0.29) is 11.3 Å². The van der Waals surface area contributed by atoms with Crippen LogP contribution in [0.3, 0.4) is 0 Å². The second kappa shape index (κ2) is 5.31. The Labute approximate surface area is 109 Å². The van der Waals surface area contributed by atoms with Crippen molar-refractivity contribution in [2.24, 2.45) is 11.1 Å². The maximum atomic E-state index is 13.2. The summed E-state index contributed by atoms with van der Waals surface area (Å²) >= 11 is 0. The number of halogens is 1. The minimum absolute atomic E-state index is 0.0413. The lowest BCUT2D eigenvalue weighted by Gasteiger charge is -2.28. The zero-order chi connectivity index (χ0) is 14.8. The summed E-state index contributed by atoms with van der Waals surface area (Å²) in [5.74, 6) is -1.28. The fraction of sp³-hybridized carbons (Fsp3) is 0.417. The normalized spacial score (nSPS) is 12.9. The number of ether oxygens (including phenoxy) is 1. The molecule has 0 aliphatic rings. The maximum Gasteiger partial charge on any atom is 0.313 e. The van der Waals surface area contributed by atoms with Gasteiger partial charge in [-0.25, -0.2) is 4.39 Å². The highest BCUT2D eigenvalue weighted by Crippen LogP contribution is 2.37. The molecule has 1 aromatic rings. The average Bonchev–Trinajstić information content (AvgIpc) is 2.36. The zero-order valence-corrected chi connectivity index (χ0v) is 10.8. The molecule has 0 unspecified atom stereocenters. The summed E-state index contributed by atoms with van der Waals surface area (Å²) in [7, 11) is 1.19. The quantitative estimate of drug-likeness (QED) is 0.512. The third-order valence-electron chi connectivity index (χ3n) is 3.01. The number of hydrogen-bond acceptors (Lipinski definition) is 5. The van der Waals surface area contributed by atoms with Gasteiger partial charge in [0.1, 0.15) is 5.82 Å². The van der Waals surface area contributed by atoms with Crippen LogP contribution in [0.25, 0.3) is 0 Å². The Morgan fingerprint density at radius 3 is 2.58 bits per heavy atom. The van der Waals surface area contributed by atoms with E-state index in [2.05, 4.69) is 4.74 Å². The first kappa shape index (κ1) is 15.0. The Hall–Kier alpha value is -2.02. The highest BCUT2D eigenvalue weighted by Gasteiger charge is 2.39. The molecule has 0 spiro atoms. The number of esters is 1. The standard InChI is InChI=1S/C12H15FN2O4/c1-12(2,11(16)19-3)10(14)8-6-7(13)4-5-9(8)15(17)18/h4-6,10H,14H2,1-3H3/t10-/m1/s1. The van der Waals surface area contributed by atoms with Crippen LogP contribution in [0.1, 0.15) is 25.5 Å². The molecule has 0 heterocycles. The lowest BCUT2D eigenvalue weighted by Crippen LogP contribution is -2.37. The van der Waals surface area contributed by atoms with E-state index < -0.39 is 28.2 Å². The first-order valence-corrected chi connectivity index (χ1v) is 5.49. The van der Waals surface area contributed by atoms with Crippen molar-refractivity contribution in [3.05, 3.63) is 39.7 Å². The van der Waals surface area contributed by atoms with Crippen molar-refractivity contribution in [1.29, 1.82) is 0 Å². The molecule has 6 nitrogen and oxygen atoms in total. The minimum Gasteiger partial charge on any atom is -0.469 e. The summed E-state index contributed by atoms with van der Waals surface area (Å²) in [4.78, 5) is 21.9. The fourth-order valence-corrected chi connectivity index (χ4v) is 1.72. The van der Waals surface area contributed by atoms with Gasteiger partial charge in [-0.3, -0.25) is 14.9 Å². The molecule has 7 heteroatoms. The molecule has 19 heavy (non-hydrogen) atoms. The van der Waals surface area contributed by atoms with E-state index in [1.54, 1.807) is 0 Å². The van der Waals surface area contributed by atoms with Gasteiger partial charge in [0.25, 0.3) is 5.69 Å². The van der Waals surface area contributed by atoms with Gasteiger partial charge in [-0.2, -0.15) is 0 Å². The first-order chi connectivity index (χ1) is 8.71. The maximum absolute atomic E-state index is 13.2. The number of methoxy groups -OCH3 is 1. The van der Waals surface area contributed by atoms with Crippen molar-refractivity contribution < 1.29 is 18.8 Å². The molecular formula is C12H15FN2O4. The number of carbonyl (C=O) groups is 1. The Morgan fingerprint density at radius 2 is 2.11 bits per heavy atom. The number of nitrogens with zero attached hydrogens (tertiary/aromatic N) is 1. The average molecular weight is 270 g/mol. The molecule has 1 rings (SSSR count). The molecule has 0 radical (unpaired) electrons. The van der Waals surface area contributed by atoms with Gasteiger partial charge in [-0.1, -0.05) is 0 Å². The van der Waals surface area contributed by atoms with Crippen molar-refractivity contribution in [3.63, 3.8) is 0 Å².